The van der Waals surface area contributed by atoms with Crippen LogP contribution in [0, 0.1) is 5.82 Å². The van der Waals surface area contributed by atoms with Gasteiger partial charge in [0.15, 0.2) is 0 Å². The van der Waals surface area contributed by atoms with Crippen molar-refractivity contribution in [3.05, 3.63) is 29.6 Å². The molecule has 0 radical (unpaired) electrons. The van der Waals surface area contributed by atoms with Crippen molar-refractivity contribution in [3.8, 4) is 0 Å². The Labute approximate surface area is 110 Å². The zero-order valence-corrected chi connectivity index (χ0v) is 10.8. The van der Waals surface area contributed by atoms with E-state index in [-0.39, 0.29) is 5.46 Å². The topological polar surface area (TPSA) is 49.7 Å². The molecule has 1 aromatic rings. The van der Waals surface area contributed by atoms with Crippen molar-refractivity contribution in [2.45, 2.75) is 24.7 Å². The molecule has 6 heteroatoms. The monoisotopic (exact) mass is 270 g/mol. The van der Waals surface area contributed by atoms with Crippen LogP contribution in [0.25, 0.3) is 0 Å². The van der Waals surface area contributed by atoms with E-state index in [4.69, 9.17) is 14.8 Å². The van der Waals surface area contributed by atoms with Crippen LogP contribution < -0.4 is 5.46 Å². The first-order valence-electron chi connectivity index (χ1n) is 6.00. The molecule has 1 aliphatic heterocycles. The van der Waals surface area contributed by atoms with Crippen LogP contribution in [-0.4, -0.2) is 35.6 Å². The normalized spacial score (nSPS) is 19.2. The van der Waals surface area contributed by atoms with Crippen molar-refractivity contribution in [1.29, 1.82) is 0 Å². The molecule has 1 heterocycles. The van der Waals surface area contributed by atoms with Crippen LogP contribution in [0.5, 0.6) is 0 Å². The van der Waals surface area contributed by atoms with E-state index in [1.807, 2.05) is 0 Å². The summed E-state index contributed by atoms with van der Waals surface area (Å²) in [6, 6.07) is 4.45. The Kier molecular flexibility index (Phi) is 5.06. The molecule has 3 nitrogen and oxygen atoms in total. The van der Waals surface area contributed by atoms with Gasteiger partial charge in [-0.1, -0.05) is 12.1 Å². The summed E-state index contributed by atoms with van der Waals surface area (Å²) in [5.74, 6) is 1.06. The van der Waals surface area contributed by atoms with Gasteiger partial charge in [0, 0.05) is 23.6 Å². The number of halogens is 1. The van der Waals surface area contributed by atoms with Crippen molar-refractivity contribution >= 4 is 24.3 Å². The fourth-order valence-corrected chi connectivity index (χ4v) is 3.02. The molecule has 2 rings (SSSR count). The van der Waals surface area contributed by atoms with Crippen LogP contribution >= 0.6 is 11.8 Å². The Morgan fingerprint density at radius 3 is 2.94 bits per heavy atom. The molecule has 0 bridgehead atoms. The fraction of sp³-hybridized carbons (Fsp3) is 0.500. The van der Waals surface area contributed by atoms with Gasteiger partial charge in [-0.05, 0) is 24.5 Å². The highest BCUT2D eigenvalue weighted by atomic mass is 32.2. The summed E-state index contributed by atoms with van der Waals surface area (Å²) < 4.78 is 18.8. The average molecular weight is 270 g/mol. The zero-order chi connectivity index (χ0) is 13.0. The van der Waals surface area contributed by atoms with Crippen molar-refractivity contribution in [2.75, 3.05) is 12.4 Å². The van der Waals surface area contributed by atoms with Gasteiger partial charge < -0.3 is 14.8 Å². The number of rotatable bonds is 5. The first kappa shape index (κ1) is 13.9. The van der Waals surface area contributed by atoms with Gasteiger partial charge in [0.05, 0.1) is 6.10 Å². The van der Waals surface area contributed by atoms with Gasteiger partial charge in [-0.15, -0.1) is 0 Å². The van der Waals surface area contributed by atoms with E-state index in [0.717, 1.165) is 36.5 Å². The molecule has 0 aliphatic carbocycles. The summed E-state index contributed by atoms with van der Waals surface area (Å²) in [6.07, 6.45) is 2.57. The summed E-state index contributed by atoms with van der Waals surface area (Å²) in [5.41, 5.74) is 0.827. The summed E-state index contributed by atoms with van der Waals surface area (Å²) in [4.78, 5) is 0. The minimum atomic E-state index is -1.76. The van der Waals surface area contributed by atoms with E-state index in [1.54, 1.807) is 17.8 Å². The molecule has 0 amide bonds. The lowest BCUT2D eigenvalue weighted by Crippen LogP contribution is -2.33. The molecular formula is C12H16BFO3S. The molecule has 0 spiro atoms. The van der Waals surface area contributed by atoms with E-state index in [2.05, 4.69) is 0 Å². The predicted octanol–water partition coefficient (Wildman–Crippen LogP) is 0.918. The molecular weight excluding hydrogens is 254 g/mol. The van der Waals surface area contributed by atoms with Gasteiger partial charge in [-0.3, -0.25) is 0 Å². The van der Waals surface area contributed by atoms with Gasteiger partial charge in [0.25, 0.3) is 0 Å². The minimum absolute atomic E-state index is 0.0646. The molecule has 1 fully saturated rings. The van der Waals surface area contributed by atoms with Crippen molar-refractivity contribution in [2.24, 2.45) is 0 Å². The van der Waals surface area contributed by atoms with Crippen LogP contribution in [0.1, 0.15) is 18.4 Å². The van der Waals surface area contributed by atoms with Crippen LogP contribution in [-0.2, 0) is 10.5 Å². The Morgan fingerprint density at radius 2 is 2.28 bits per heavy atom. The second-order valence-corrected chi connectivity index (χ2v) is 5.41. The van der Waals surface area contributed by atoms with Crippen molar-refractivity contribution in [1.82, 2.24) is 0 Å². The largest absolute Gasteiger partial charge is 0.491 e. The first-order chi connectivity index (χ1) is 8.66. The van der Waals surface area contributed by atoms with Crippen LogP contribution in [0.2, 0.25) is 0 Å². The van der Waals surface area contributed by atoms with Gasteiger partial charge in [0.2, 0.25) is 0 Å². The van der Waals surface area contributed by atoms with E-state index >= 15 is 0 Å². The highest BCUT2D eigenvalue weighted by molar-refractivity contribution is 7.98. The molecule has 0 saturated carbocycles. The summed E-state index contributed by atoms with van der Waals surface area (Å²) in [7, 11) is -1.76. The standard InChI is InChI=1S/C12H16BFO3S/c14-12-4-3-9(6-11(12)13(15)16)7-18-8-10-2-1-5-17-10/h3-4,6,10,15-16H,1-2,5,7-8H2. The number of ether oxygens (including phenoxy) is 1. The van der Waals surface area contributed by atoms with Gasteiger partial charge in [-0.2, -0.15) is 11.8 Å². The van der Waals surface area contributed by atoms with Crippen molar-refractivity contribution in [3.63, 3.8) is 0 Å². The zero-order valence-electron chi connectivity index (χ0n) is 10.0. The number of benzene rings is 1. The summed E-state index contributed by atoms with van der Waals surface area (Å²) in [5, 5.41) is 18.0. The number of hydrogen-bond acceptors (Lipinski definition) is 4. The van der Waals surface area contributed by atoms with E-state index in [1.165, 1.54) is 12.1 Å². The molecule has 2 N–H and O–H groups in total. The first-order valence-corrected chi connectivity index (χ1v) is 7.16. The third-order valence-electron chi connectivity index (χ3n) is 2.94. The third kappa shape index (κ3) is 3.72. The molecule has 1 aliphatic rings. The lowest BCUT2D eigenvalue weighted by atomic mass is 9.79. The smallest absolute Gasteiger partial charge is 0.423 e. The summed E-state index contributed by atoms with van der Waals surface area (Å²) >= 11 is 1.72. The Morgan fingerprint density at radius 1 is 1.44 bits per heavy atom. The Bertz CT molecular complexity index is 397. The van der Waals surface area contributed by atoms with Crippen LogP contribution in [0.15, 0.2) is 18.2 Å². The predicted molar refractivity (Wildman–Crippen MR) is 71.4 cm³/mol. The molecule has 98 valence electrons. The lowest BCUT2D eigenvalue weighted by molar-refractivity contribution is 0.129. The summed E-state index contributed by atoms with van der Waals surface area (Å²) in [6.45, 7) is 0.850. The molecule has 18 heavy (non-hydrogen) atoms. The van der Waals surface area contributed by atoms with Crippen LogP contribution in [0.3, 0.4) is 0 Å². The van der Waals surface area contributed by atoms with Crippen LogP contribution in [0.4, 0.5) is 4.39 Å². The maximum atomic E-state index is 13.2. The second kappa shape index (κ2) is 6.56. The maximum Gasteiger partial charge on any atom is 0.491 e. The quantitative estimate of drug-likeness (QED) is 0.781. The van der Waals surface area contributed by atoms with E-state index < -0.39 is 12.9 Å². The highest BCUT2D eigenvalue weighted by Crippen LogP contribution is 2.20. The number of thioether (sulfide) groups is 1. The maximum absolute atomic E-state index is 13.2. The molecule has 1 aromatic carbocycles. The second-order valence-electron chi connectivity index (χ2n) is 4.38. The van der Waals surface area contributed by atoms with Crippen molar-refractivity contribution < 1.29 is 19.2 Å². The molecule has 1 atom stereocenters. The SMILES string of the molecule is OB(O)c1cc(CSCC2CCCO2)ccc1F. The Hall–Kier alpha value is -0.555. The molecule has 1 saturated heterocycles. The molecule has 1 unspecified atom stereocenters. The fourth-order valence-electron chi connectivity index (χ4n) is 1.96. The van der Waals surface area contributed by atoms with E-state index in [9.17, 15) is 4.39 Å². The lowest BCUT2D eigenvalue weighted by Gasteiger charge is -2.09. The van der Waals surface area contributed by atoms with Gasteiger partial charge >= 0.3 is 7.12 Å². The minimum Gasteiger partial charge on any atom is -0.423 e. The van der Waals surface area contributed by atoms with E-state index in [0.29, 0.717) is 6.10 Å². The van der Waals surface area contributed by atoms with Gasteiger partial charge in [-0.25, -0.2) is 4.39 Å². The molecule has 0 aromatic heterocycles. The Balaban J connectivity index is 1.86. The average Bonchev–Trinajstić information content (AvgIpc) is 2.84. The highest BCUT2D eigenvalue weighted by Gasteiger charge is 2.18. The number of hydrogen-bond donors (Lipinski definition) is 2. The van der Waals surface area contributed by atoms with Gasteiger partial charge in [0.1, 0.15) is 5.82 Å². The third-order valence-corrected chi connectivity index (χ3v) is 4.08.